The molecule has 1 atom stereocenters. The van der Waals surface area contributed by atoms with E-state index in [2.05, 4.69) is 9.82 Å². The quantitative estimate of drug-likeness (QED) is 0.770. The third-order valence-electron chi connectivity index (χ3n) is 4.29. The fraction of sp³-hybridized carbons (Fsp3) is 0.278. The van der Waals surface area contributed by atoms with E-state index >= 15 is 0 Å². The molecule has 28 heavy (non-hydrogen) atoms. The minimum absolute atomic E-state index is 0.169. The number of hydrazone groups is 1. The third kappa shape index (κ3) is 4.33. The molecule has 0 fully saturated rings. The van der Waals surface area contributed by atoms with Crippen molar-refractivity contribution >= 4 is 31.4 Å². The molecule has 10 heteroatoms. The highest BCUT2D eigenvalue weighted by Gasteiger charge is 2.37. The fourth-order valence-electron chi connectivity index (χ4n) is 3.01. The van der Waals surface area contributed by atoms with Gasteiger partial charge in [0, 0.05) is 17.7 Å². The number of nitrogens with zero attached hydrogens (tertiary/aromatic N) is 2. The highest BCUT2D eigenvalue weighted by molar-refractivity contribution is 7.92. The van der Waals surface area contributed by atoms with Crippen LogP contribution in [0.3, 0.4) is 0 Å². The molecule has 1 N–H and O–H groups in total. The van der Waals surface area contributed by atoms with Crippen molar-refractivity contribution in [1.29, 1.82) is 0 Å². The molecule has 0 saturated heterocycles. The maximum atomic E-state index is 14.3. The molecule has 1 aliphatic heterocycles. The molecular weight excluding hydrogens is 405 g/mol. The van der Waals surface area contributed by atoms with Gasteiger partial charge in [-0.15, -0.1) is 0 Å². The Kier molecular flexibility index (Phi) is 5.44. The van der Waals surface area contributed by atoms with E-state index in [1.54, 1.807) is 30.3 Å². The molecule has 1 heterocycles. The summed E-state index contributed by atoms with van der Waals surface area (Å²) in [7, 11) is -7.18. The Morgan fingerprint density at radius 3 is 2.50 bits per heavy atom. The zero-order valence-electron chi connectivity index (χ0n) is 15.3. The number of anilines is 1. The third-order valence-corrected chi connectivity index (χ3v) is 6.53. The monoisotopic (exact) mass is 425 g/mol. The molecule has 0 aromatic heterocycles. The zero-order chi connectivity index (χ0) is 20.5. The second kappa shape index (κ2) is 7.51. The summed E-state index contributed by atoms with van der Waals surface area (Å²) < 4.78 is 65.7. The van der Waals surface area contributed by atoms with Crippen LogP contribution in [0.25, 0.3) is 0 Å². The zero-order valence-corrected chi connectivity index (χ0v) is 17.0. The SMILES string of the molecule is CCS(=O)(=O)N1N=C(c2cccc(NS(C)(=O)=O)c2)CC1c1ccccc1F. The van der Waals surface area contributed by atoms with Crippen molar-refractivity contribution in [2.75, 3.05) is 16.7 Å². The smallest absolute Gasteiger partial charge is 0.250 e. The van der Waals surface area contributed by atoms with Gasteiger partial charge in [-0.05, 0) is 30.7 Å². The van der Waals surface area contributed by atoms with E-state index in [1.165, 1.54) is 25.1 Å². The Labute approximate surface area is 164 Å². The Balaban J connectivity index is 2.03. The lowest BCUT2D eigenvalue weighted by atomic mass is 9.98. The van der Waals surface area contributed by atoms with Crippen molar-refractivity contribution in [2.45, 2.75) is 19.4 Å². The summed E-state index contributed by atoms with van der Waals surface area (Å²) in [5.74, 6) is -0.683. The van der Waals surface area contributed by atoms with E-state index in [9.17, 15) is 21.2 Å². The molecule has 3 rings (SSSR count). The maximum absolute atomic E-state index is 14.3. The molecule has 0 amide bonds. The predicted octanol–water partition coefficient (Wildman–Crippen LogP) is 2.70. The van der Waals surface area contributed by atoms with Crippen LogP contribution in [0.5, 0.6) is 0 Å². The van der Waals surface area contributed by atoms with E-state index in [4.69, 9.17) is 0 Å². The van der Waals surface area contributed by atoms with Gasteiger partial charge in [0.2, 0.25) is 20.0 Å². The second-order valence-electron chi connectivity index (χ2n) is 6.42. The summed E-state index contributed by atoms with van der Waals surface area (Å²) in [5.41, 5.74) is 1.57. The van der Waals surface area contributed by atoms with Crippen LogP contribution in [0.1, 0.15) is 30.5 Å². The molecule has 2 aromatic carbocycles. The Bertz CT molecular complexity index is 1130. The lowest BCUT2D eigenvalue weighted by Gasteiger charge is -2.23. The summed E-state index contributed by atoms with van der Waals surface area (Å²) >= 11 is 0. The van der Waals surface area contributed by atoms with Crippen molar-refractivity contribution in [3.63, 3.8) is 0 Å². The average Bonchev–Trinajstić information content (AvgIpc) is 3.07. The number of sulfonamides is 2. The van der Waals surface area contributed by atoms with E-state index in [-0.39, 0.29) is 17.7 Å². The highest BCUT2D eigenvalue weighted by Crippen LogP contribution is 2.36. The minimum atomic E-state index is -3.72. The van der Waals surface area contributed by atoms with Crippen LogP contribution in [0.15, 0.2) is 53.6 Å². The number of rotatable bonds is 6. The molecule has 0 radical (unpaired) electrons. The standard InChI is InChI=1S/C18H20FN3O4S2/c1-3-28(25,26)22-18(15-9-4-5-10-16(15)19)12-17(20-22)13-7-6-8-14(11-13)21-27(2,23)24/h4-11,18,21H,3,12H2,1-2H3. The van der Waals surface area contributed by atoms with Gasteiger partial charge in [-0.2, -0.15) is 9.52 Å². The fourth-order valence-corrected chi connectivity index (χ4v) is 4.62. The average molecular weight is 426 g/mol. The summed E-state index contributed by atoms with van der Waals surface area (Å²) in [5, 5.41) is 4.26. The number of hydrogen-bond donors (Lipinski definition) is 1. The van der Waals surface area contributed by atoms with Crippen LogP contribution in [0.4, 0.5) is 10.1 Å². The van der Waals surface area contributed by atoms with E-state index in [0.29, 0.717) is 17.0 Å². The summed E-state index contributed by atoms with van der Waals surface area (Å²) in [6, 6.07) is 11.7. The molecule has 2 aromatic rings. The summed E-state index contributed by atoms with van der Waals surface area (Å²) in [4.78, 5) is 0. The molecule has 7 nitrogen and oxygen atoms in total. The van der Waals surface area contributed by atoms with Crippen molar-refractivity contribution in [3.8, 4) is 0 Å². The molecule has 1 aliphatic rings. The van der Waals surface area contributed by atoms with E-state index in [1.807, 2.05) is 0 Å². The predicted molar refractivity (Wildman–Crippen MR) is 107 cm³/mol. The van der Waals surface area contributed by atoms with Gasteiger partial charge in [-0.3, -0.25) is 4.72 Å². The Morgan fingerprint density at radius 1 is 1.14 bits per heavy atom. The normalized spacial score (nSPS) is 17.5. The first-order valence-electron chi connectivity index (χ1n) is 8.53. The minimum Gasteiger partial charge on any atom is -0.284 e. The van der Waals surface area contributed by atoms with Crippen molar-refractivity contribution in [3.05, 3.63) is 65.5 Å². The molecular formula is C18H20FN3O4S2. The van der Waals surface area contributed by atoms with Gasteiger partial charge < -0.3 is 0 Å². The van der Waals surface area contributed by atoms with Gasteiger partial charge in [0.05, 0.1) is 23.8 Å². The largest absolute Gasteiger partial charge is 0.284 e. The Hall–Kier alpha value is -2.46. The van der Waals surface area contributed by atoms with Crippen LogP contribution >= 0.6 is 0 Å². The molecule has 1 unspecified atom stereocenters. The van der Waals surface area contributed by atoms with Gasteiger partial charge in [0.25, 0.3) is 0 Å². The molecule has 0 spiro atoms. The topological polar surface area (TPSA) is 95.9 Å². The first kappa shape index (κ1) is 20.3. The number of halogens is 1. The maximum Gasteiger partial charge on any atom is 0.250 e. The molecule has 0 bridgehead atoms. The van der Waals surface area contributed by atoms with Crippen LogP contribution < -0.4 is 4.72 Å². The first-order chi connectivity index (χ1) is 13.1. The second-order valence-corrected chi connectivity index (χ2v) is 10.3. The van der Waals surface area contributed by atoms with Gasteiger partial charge in [-0.1, -0.05) is 30.3 Å². The van der Waals surface area contributed by atoms with E-state index < -0.39 is 31.9 Å². The molecule has 0 saturated carbocycles. The van der Waals surface area contributed by atoms with Crippen molar-refractivity contribution in [1.82, 2.24) is 4.41 Å². The van der Waals surface area contributed by atoms with Gasteiger partial charge in [0.15, 0.2) is 0 Å². The summed E-state index contributed by atoms with van der Waals surface area (Å²) in [6.07, 6.45) is 1.21. The van der Waals surface area contributed by atoms with Crippen molar-refractivity contribution < 1.29 is 21.2 Å². The van der Waals surface area contributed by atoms with Crippen LogP contribution in [0.2, 0.25) is 0 Å². The van der Waals surface area contributed by atoms with Crippen LogP contribution in [-0.2, 0) is 20.0 Å². The number of nitrogens with one attached hydrogen (secondary N) is 1. The summed E-state index contributed by atoms with van der Waals surface area (Å²) in [6.45, 7) is 1.50. The highest BCUT2D eigenvalue weighted by atomic mass is 32.2. The van der Waals surface area contributed by atoms with Crippen molar-refractivity contribution in [2.24, 2.45) is 5.10 Å². The molecule has 0 aliphatic carbocycles. The number of hydrogen-bond acceptors (Lipinski definition) is 5. The van der Waals surface area contributed by atoms with Crippen LogP contribution in [0, 0.1) is 5.82 Å². The lowest BCUT2D eigenvalue weighted by molar-refractivity contribution is 0.363. The van der Waals surface area contributed by atoms with Gasteiger partial charge in [-0.25, -0.2) is 21.2 Å². The Morgan fingerprint density at radius 2 is 1.86 bits per heavy atom. The van der Waals surface area contributed by atoms with Gasteiger partial charge in [0.1, 0.15) is 5.82 Å². The number of benzene rings is 2. The van der Waals surface area contributed by atoms with E-state index in [0.717, 1.165) is 10.7 Å². The van der Waals surface area contributed by atoms with Crippen LogP contribution in [-0.4, -0.2) is 39.0 Å². The van der Waals surface area contributed by atoms with Gasteiger partial charge >= 0.3 is 0 Å². The lowest BCUT2D eigenvalue weighted by Crippen LogP contribution is -2.29. The molecule has 150 valence electrons. The first-order valence-corrected chi connectivity index (χ1v) is 12.0.